The molecule has 2 unspecified atom stereocenters. The van der Waals surface area contributed by atoms with Crippen LogP contribution in [0.25, 0.3) is 0 Å². The van der Waals surface area contributed by atoms with Gasteiger partial charge in [0.05, 0.1) is 0 Å². The summed E-state index contributed by atoms with van der Waals surface area (Å²) in [5.74, 6) is 1.68. The van der Waals surface area contributed by atoms with Crippen molar-refractivity contribution in [2.45, 2.75) is 66.6 Å². The van der Waals surface area contributed by atoms with Crippen LogP contribution in [0.3, 0.4) is 0 Å². The predicted octanol–water partition coefficient (Wildman–Crippen LogP) is 4.42. The second-order valence-electron chi connectivity index (χ2n) is 8.04. The lowest BCUT2D eigenvalue weighted by molar-refractivity contribution is 0.134. The standard InChI is InChI=1S/C18H32N2S/c1-13-7-14(2)11-20(10-13)12-16-8-17(21-15(16)3)9-19-18(4,5)6/h8,13-14,19H,7,9-12H2,1-6H3. The van der Waals surface area contributed by atoms with Gasteiger partial charge in [0, 0.05) is 41.5 Å². The first-order chi connectivity index (χ1) is 9.73. The van der Waals surface area contributed by atoms with E-state index in [9.17, 15) is 0 Å². The van der Waals surface area contributed by atoms with Crippen LogP contribution in [-0.4, -0.2) is 23.5 Å². The highest BCUT2D eigenvalue weighted by atomic mass is 32.1. The predicted molar refractivity (Wildman–Crippen MR) is 93.9 cm³/mol. The summed E-state index contributed by atoms with van der Waals surface area (Å²) in [6.45, 7) is 18.4. The van der Waals surface area contributed by atoms with Gasteiger partial charge in [0.2, 0.25) is 0 Å². The highest BCUT2D eigenvalue weighted by Gasteiger charge is 2.22. The van der Waals surface area contributed by atoms with E-state index in [-0.39, 0.29) is 5.54 Å². The number of thiophene rings is 1. The lowest BCUT2D eigenvalue weighted by atomic mass is 9.91. The number of hydrogen-bond donors (Lipinski definition) is 1. The van der Waals surface area contributed by atoms with Gasteiger partial charge < -0.3 is 5.32 Å². The molecule has 0 bridgehead atoms. The Morgan fingerprint density at radius 3 is 2.43 bits per heavy atom. The minimum atomic E-state index is 0.190. The first kappa shape index (κ1) is 17.0. The Morgan fingerprint density at radius 1 is 1.24 bits per heavy atom. The molecule has 120 valence electrons. The zero-order chi connectivity index (χ0) is 15.6. The Bertz CT molecular complexity index is 448. The van der Waals surface area contributed by atoms with Crippen LogP contribution in [0.15, 0.2) is 6.07 Å². The van der Waals surface area contributed by atoms with Gasteiger partial charge >= 0.3 is 0 Å². The third-order valence-electron chi connectivity index (χ3n) is 4.20. The van der Waals surface area contributed by atoms with Crippen molar-refractivity contribution in [2.75, 3.05) is 13.1 Å². The van der Waals surface area contributed by atoms with Crippen LogP contribution in [0.5, 0.6) is 0 Å². The summed E-state index contributed by atoms with van der Waals surface area (Å²) < 4.78 is 0. The van der Waals surface area contributed by atoms with E-state index in [0.717, 1.165) is 24.9 Å². The quantitative estimate of drug-likeness (QED) is 0.885. The second-order valence-corrected chi connectivity index (χ2v) is 9.38. The molecule has 2 heterocycles. The zero-order valence-electron chi connectivity index (χ0n) is 14.6. The molecular formula is C18H32N2S. The van der Waals surface area contributed by atoms with Crippen LogP contribution in [0, 0.1) is 18.8 Å². The van der Waals surface area contributed by atoms with Crippen molar-refractivity contribution >= 4 is 11.3 Å². The number of hydrogen-bond acceptors (Lipinski definition) is 3. The number of likely N-dealkylation sites (tertiary alicyclic amines) is 1. The molecule has 1 fully saturated rings. The molecule has 1 saturated heterocycles. The highest BCUT2D eigenvalue weighted by Crippen LogP contribution is 2.27. The number of piperidine rings is 1. The fraction of sp³-hybridized carbons (Fsp3) is 0.778. The molecule has 1 aromatic heterocycles. The van der Waals surface area contributed by atoms with Gasteiger partial charge in [-0.3, -0.25) is 4.90 Å². The van der Waals surface area contributed by atoms with Gasteiger partial charge in [-0.05, 0) is 57.6 Å². The third kappa shape index (κ3) is 5.39. The SMILES string of the molecule is Cc1sc(CNC(C)(C)C)cc1CN1CC(C)CC(C)C1. The maximum atomic E-state index is 3.59. The molecule has 3 heteroatoms. The fourth-order valence-corrected chi connectivity index (χ4v) is 4.34. The minimum absolute atomic E-state index is 0.190. The number of nitrogens with one attached hydrogen (secondary N) is 1. The van der Waals surface area contributed by atoms with Crippen LogP contribution < -0.4 is 5.32 Å². The van der Waals surface area contributed by atoms with Crippen molar-refractivity contribution < 1.29 is 0 Å². The maximum Gasteiger partial charge on any atom is 0.0304 e. The first-order valence-corrected chi connectivity index (χ1v) is 9.10. The van der Waals surface area contributed by atoms with Crippen molar-refractivity contribution in [2.24, 2.45) is 11.8 Å². The minimum Gasteiger partial charge on any atom is -0.307 e. The Kier molecular flexibility index (Phi) is 5.50. The molecule has 0 aromatic carbocycles. The van der Waals surface area contributed by atoms with E-state index in [1.54, 1.807) is 0 Å². The van der Waals surface area contributed by atoms with Crippen molar-refractivity contribution in [1.29, 1.82) is 0 Å². The summed E-state index contributed by atoms with van der Waals surface area (Å²) in [6, 6.07) is 2.42. The Morgan fingerprint density at radius 2 is 1.86 bits per heavy atom. The molecule has 0 spiro atoms. The summed E-state index contributed by atoms with van der Waals surface area (Å²) in [7, 11) is 0. The molecule has 0 amide bonds. The van der Waals surface area contributed by atoms with Crippen LogP contribution >= 0.6 is 11.3 Å². The molecule has 0 radical (unpaired) electrons. The third-order valence-corrected chi connectivity index (χ3v) is 5.30. The average Bonchev–Trinajstić information content (AvgIpc) is 2.65. The van der Waals surface area contributed by atoms with Gasteiger partial charge in [0.25, 0.3) is 0 Å². The summed E-state index contributed by atoms with van der Waals surface area (Å²) >= 11 is 1.96. The van der Waals surface area contributed by atoms with Gasteiger partial charge in [-0.1, -0.05) is 13.8 Å². The van der Waals surface area contributed by atoms with Gasteiger partial charge in [0.1, 0.15) is 0 Å². The molecule has 0 aliphatic carbocycles. The Balaban J connectivity index is 1.96. The van der Waals surface area contributed by atoms with Crippen molar-refractivity contribution in [3.05, 3.63) is 21.4 Å². The smallest absolute Gasteiger partial charge is 0.0304 e. The Hall–Kier alpha value is -0.380. The zero-order valence-corrected chi connectivity index (χ0v) is 15.4. The van der Waals surface area contributed by atoms with Crippen molar-refractivity contribution in [3.8, 4) is 0 Å². The molecule has 1 aliphatic rings. The van der Waals surface area contributed by atoms with E-state index in [0.29, 0.717) is 0 Å². The Labute approximate surface area is 134 Å². The summed E-state index contributed by atoms with van der Waals surface area (Å²) in [4.78, 5) is 5.61. The average molecular weight is 309 g/mol. The van der Waals surface area contributed by atoms with E-state index in [2.05, 4.69) is 57.8 Å². The number of nitrogens with zero attached hydrogens (tertiary/aromatic N) is 1. The molecule has 1 aromatic rings. The van der Waals surface area contributed by atoms with Crippen LogP contribution in [-0.2, 0) is 13.1 Å². The molecule has 1 aliphatic heterocycles. The summed E-state index contributed by atoms with van der Waals surface area (Å²) in [5, 5.41) is 3.59. The monoisotopic (exact) mass is 308 g/mol. The second kappa shape index (κ2) is 6.80. The maximum absolute atomic E-state index is 3.59. The number of aryl methyl sites for hydroxylation is 1. The molecule has 2 atom stereocenters. The molecule has 1 N–H and O–H groups in total. The van der Waals surface area contributed by atoms with Crippen LogP contribution in [0.4, 0.5) is 0 Å². The van der Waals surface area contributed by atoms with Gasteiger partial charge in [0.15, 0.2) is 0 Å². The normalized spacial score (nSPS) is 24.5. The molecule has 2 nitrogen and oxygen atoms in total. The van der Waals surface area contributed by atoms with E-state index in [1.807, 2.05) is 11.3 Å². The van der Waals surface area contributed by atoms with Gasteiger partial charge in [-0.2, -0.15) is 0 Å². The molecular weight excluding hydrogens is 276 g/mol. The first-order valence-electron chi connectivity index (χ1n) is 8.28. The van der Waals surface area contributed by atoms with Gasteiger partial charge in [-0.15, -0.1) is 11.3 Å². The fourth-order valence-electron chi connectivity index (χ4n) is 3.35. The summed E-state index contributed by atoms with van der Waals surface area (Å²) in [6.07, 6.45) is 1.39. The highest BCUT2D eigenvalue weighted by molar-refractivity contribution is 7.12. The van der Waals surface area contributed by atoms with Crippen molar-refractivity contribution in [1.82, 2.24) is 10.2 Å². The largest absolute Gasteiger partial charge is 0.307 e. The van der Waals surface area contributed by atoms with Crippen LogP contribution in [0.1, 0.15) is 56.4 Å². The van der Waals surface area contributed by atoms with Crippen molar-refractivity contribution in [3.63, 3.8) is 0 Å². The molecule has 0 saturated carbocycles. The summed E-state index contributed by atoms with van der Waals surface area (Å²) in [5.41, 5.74) is 1.72. The van der Waals surface area contributed by atoms with E-state index in [1.165, 1.54) is 34.8 Å². The van der Waals surface area contributed by atoms with E-state index >= 15 is 0 Å². The van der Waals surface area contributed by atoms with E-state index < -0.39 is 0 Å². The topological polar surface area (TPSA) is 15.3 Å². The lowest BCUT2D eigenvalue weighted by Gasteiger charge is -2.34. The van der Waals surface area contributed by atoms with Gasteiger partial charge in [-0.25, -0.2) is 0 Å². The lowest BCUT2D eigenvalue weighted by Crippen LogP contribution is -2.38. The molecule has 21 heavy (non-hydrogen) atoms. The molecule has 2 rings (SSSR count). The van der Waals surface area contributed by atoms with Crippen LogP contribution in [0.2, 0.25) is 0 Å². The van der Waals surface area contributed by atoms with E-state index in [4.69, 9.17) is 0 Å². The number of rotatable bonds is 4.